The third-order valence-corrected chi connectivity index (χ3v) is 3.78. The SMILES string of the molecule is COc1cc(-c2noc(CNCC3CCCO3)n2)ccc1OC(F)F.Cl. The van der Waals surface area contributed by atoms with E-state index in [1.165, 1.54) is 19.2 Å². The minimum Gasteiger partial charge on any atom is -0.493 e. The van der Waals surface area contributed by atoms with Crippen LogP contribution in [0, 0.1) is 0 Å². The van der Waals surface area contributed by atoms with Gasteiger partial charge in [0.25, 0.3) is 0 Å². The van der Waals surface area contributed by atoms with Crippen LogP contribution in [-0.2, 0) is 11.3 Å². The first-order chi connectivity index (χ1) is 12.2. The molecule has 0 saturated carbocycles. The molecule has 1 N–H and O–H groups in total. The van der Waals surface area contributed by atoms with E-state index in [0.29, 0.717) is 23.8 Å². The lowest BCUT2D eigenvalue weighted by Crippen LogP contribution is -2.25. The van der Waals surface area contributed by atoms with Gasteiger partial charge in [-0.25, -0.2) is 0 Å². The lowest BCUT2D eigenvalue weighted by Gasteiger charge is -2.10. The highest BCUT2D eigenvalue weighted by molar-refractivity contribution is 5.85. The second-order valence-corrected chi connectivity index (χ2v) is 5.52. The number of nitrogens with one attached hydrogen (secondary N) is 1. The van der Waals surface area contributed by atoms with Crippen molar-refractivity contribution in [3.05, 3.63) is 24.1 Å². The Morgan fingerprint density at radius 1 is 1.35 bits per heavy atom. The second-order valence-electron chi connectivity index (χ2n) is 5.52. The van der Waals surface area contributed by atoms with E-state index in [1.54, 1.807) is 6.07 Å². The largest absolute Gasteiger partial charge is 0.493 e. The van der Waals surface area contributed by atoms with Crippen molar-refractivity contribution in [1.82, 2.24) is 15.5 Å². The molecule has 1 aliphatic heterocycles. The molecule has 10 heteroatoms. The summed E-state index contributed by atoms with van der Waals surface area (Å²) in [6, 6.07) is 4.47. The molecule has 2 heterocycles. The van der Waals surface area contributed by atoms with Gasteiger partial charge in [-0.05, 0) is 31.0 Å². The minimum atomic E-state index is -2.92. The van der Waals surface area contributed by atoms with Gasteiger partial charge in [0, 0.05) is 18.7 Å². The zero-order valence-corrected chi connectivity index (χ0v) is 14.9. The summed E-state index contributed by atoms with van der Waals surface area (Å²) in [6.45, 7) is -0.960. The topological polar surface area (TPSA) is 78.6 Å². The molecule has 1 unspecified atom stereocenters. The van der Waals surface area contributed by atoms with Gasteiger partial charge in [0.15, 0.2) is 11.5 Å². The predicted octanol–water partition coefficient (Wildman–Crippen LogP) is 3.04. The molecule has 1 aliphatic rings. The normalized spacial score (nSPS) is 16.5. The molecular formula is C16H20ClF2N3O4. The Bertz CT molecular complexity index is 696. The van der Waals surface area contributed by atoms with Crippen molar-refractivity contribution < 1.29 is 27.5 Å². The van der Waals surface area contributed by atoms with Gasteiger partial charge in [0.05, 0.1) is 19.8 Å². The molecule has 26 heavy (non-hydrogen) atoms. The number of aromatic nitrogens is 2. The van der Waals surface area contributed by atoms with E-state index in [0.717, 1.165) is 26.0 Å². The fourth-order valence-electron chi connectivity index (χ4n) is 2.59. The first-order valence-electron chi connectivity index (χ1n) is 7.94. The van der Waals surface area contributed by atoms with Crippen LogP contribution in [0.2, 0.25) is 0 Å². The van der Waals surface area contributed by atoms with Crippen LogP contribution >= 0.6 is 12.4 Å². The van der Waals surface area contributed by atoms with Crippen LogP contribution in [0.5, 0.6) is 11.5 Å². The summed E-state index contributed by atoms with van der Waals surface area (Å²) in [7, 11) is 1.37. The summed E-state index contributed by atoms with van der Waals surface area (Å²) in [5, 5.41) is 7.11. The summed E-state index contributed by atoms with van der Waals surface area (Å²) in [6.07, 6.45) is 2.37. The van der Waals surface area contributed by atoms with Crippen LogP contribution in [0.4, 0.5) is 8.78 Å². The molecule has 1 fully saturated rings. The zero-order chi connectivity index (χ0) is 17.6. The highest BCUT2D eigenvalue weighted by Crippen LogP contribution is 2.32. The molecule has 0 amide bonds. The lowest BCUT2D eigenvalue weighted by atomic mass is 10.2. The average Bonchev–Trinajstić information content (AvgIpc) is 3.27. The highest BCUT2D eigenvalue weighted by atomic mass is 35.5. The van der Waals surface area contributed by atoms with E-state index in [1.807, 2.05) is 0 Å². The smallest absolute Gasteiger partial charge is 0.387 e. The van der Waals surface area contributed by atoms with Gasteiger partial charge >= 0.3 is 6.61 Å². The third kappa shape index (κ3) is 5.26. The van der Waals surface area contributed by atoms with Crippen LogP contribution in [0.15, 0.2) is 22.7 Å². The molecule has 2 aromatic rings. The average molecular weight is 392 g/mol. The number of ether oxygens (including phenoxy) is 3. The summed E-state index contributed by atoms with van der Waals surface area (Å²) >= 11 is 0. The maximum absolute atomic E-state index is 12.4. The Balaban J connectivity index is 0.00000243. The Morgan fingerprint density at radius 3 is 2.88 bits per heavy atom. The molecule has 1 aromatic carbocycles. The number of benzene rings is 1. The number of hydrogen-bond acceptors (Lipinski definition) is 7. The van der Waals surface area contributed by atoms with Crippen molar-refractivity contribution in [2.75, 3.05) is 20.3 Å². The first-order valence-corrected chi connectivity index (χ1v) is 7.94. The standard InChI is InChI=1S/C16H19F2N3O4.ClH/c1-22-13-7-10(4-5-12(13)24-16(17)18)15-20-14(25-21-15)9-19-8-11-3-2-6-23-11;/h4-5,7,11,16,19H,2-3,6,8-9H2,1H3;1H. The summed E-state index contributed by atoms with van der Waals surface area (Å²) < 4.78 is 44.9. The van der Waals surface area contributed by atoms with Crippen LogP contribution in [0.3, 0.4) is 0 Å². The fourth-order valence-corrected chi connectivity index (χ4v) is 2.59. The quantitative estimate of drug-likeness (QED) is 0.740. The van der Waals surface area contributed by atoms with Crippen molar-refractivity contribution in [1.29, 1.82) is 0 Å². The minimum absolute atomic E-state index is 0. The Morgan fingerprint density at radius 2 is 2.19 bits per heavy atom. The van der Waals surface area contributed by atoms with Gasteiger partial charge < -0.3 is 24.1 Å². The number of hydrogen-bond donors (Lipinski definition) is 1. The molecule has 7 nitrogen and oxygen atoms in total. The van der Waals surface area contributed by atoms with Crippen LogP contribution in [-0.4, -0.2) is 43.1 Å². The van der Waals surface area contributed by atoms with E-state index in [4.69, 9.17) is 14.0 Å². The third-order valence-electron chi connectivity index (χ3n) is 3.78. The summed E-state index contributed by atoms with van der Waals surface area (Å²) in [4.78, 5) is 4.29. The maximum Gasteiger partial charge on any atom is 0.387 e. The number of halogens is 3. The number of rotatable bonds is 8. The molecular weight excluding hydrogens is 372 g/mol. The molecule has 1 saturated heterocycles. The van der Waals surface area contributed by atoms with Crippen molar-refractivity contribution in [3.63, 3.8) is 0 Å². The predicted molar refractivity (Wildman–Crippen MR) is 90.8 cm³/mol. The molecule has 144 valence electrons. The number of methoxy groups -OCH3 is 1. The van der Waals surface area contributed by atoms with E-state index in [-0.39, 0.29) is 30.0 Å². The lowest BCUT2D eigenvalue weighted by molar-refractivity contribution is -0.0512. The van der Waals surface area contributed by atoms with Gasteiger partial charge in [0.1, 0.15) is 0 Å². The molecule has 0 bridgehead atoms. The molecule has 3 rings (SSSR count). The Hall–Kier alpha value is -1.97. The summed E-state index contributed by atoms with van der Waals surface area (Å²) in [5.74, 6) is 0.888. The van der Waals surface area contributed by atoms with Crippen LogP contribution in [0.1, 0.15) is 18.7 Å². The Kier molecular flexibility index (Phi) is 7.55. The second kappa shape index (κ2) is 9.65. The maximum atomic E-state index is 12.4. The Labute approximate surface area is 155 Å². The molecule has 0 radical (unpaired) electrons. The molecule has 0 aliphatic carbocycles. The fraction of sp³-hybridized carbons (Fsp3) is 0.500. The van der Waals surface area contributed by atoms with Crippen molar-refractivity contribution in [2.45, 2.75) is 32.1 Å². The summed E-state index contributed by atoms with van der Waals surface area (Å²) in [5.41, 5.74) is 0.576. The van der Waals surface area contributed by atoms with E-state index < -0.39 is 6.61 Å². The van der Waals surface area contributed by atoms with Crippen molar-refractivity contribution >= 4 is 12.4 Å². The monoisotopic (exact) mass is 391 g/mol. The van der Waals surface area contributed by atoms with Gasteiger partial charge in [0.2, 0.25) is 11.7 Å². The van der Waals surface area contributed by atoms with Crippen molar-refractivity contribution in [3.8, 4) is 22.9 Å². The number of alkyl halides is 2. The van der Waals surface area contributed by atoms with E-state index >= 15 is 0 Å². The van der Waals surface area contributed by atoms with Gasteiger partial charge in [-0.2, -0.15) is 13.8 Å². The number of nitrogens with zero attached hydrogens (tertiary/aromatic N) is 2. The highest BCUT2D eigenvalue weighted by Gasteiger charge is 2.17. The zero-order valence-electron chi connectivity index (χ0n) is 14.1. The van der Waals surface area contributed by atoms with Crippen LogP contribution < -0.4 is 14.8 Å². The molecule has 1 atom stereocenters. The molecule has 1 aromatic heterocycles. The first kappa shape index (κ1) is 20.3. The molecule has 0 spiro atoms. The van der Waals surface area contributed by atoms with Crippen LogP contribution in [0.25, 0.3) is 11.4 Å². The van der Waals surface area contributed by atoms with Gasteiger partial charge in [-0.1, -0.05) is 5.16 Å². The van der Waals surface area contributed by atoms with Gasteiger partial charge in [-0.15, -0.1) is 12.4 Å². The van der Waals surface area contributed by atoms with E-state index in [9.17, 15) is 8.78 Å². The van der Waals surface area contributed by atoms with Gasteiger partial charge in [-0.3, -0.25) is 0 Å². The van der Waals surface area contributed by atoms with E-state index in [2.05, 4.69) is 20.2 Å². The van der Waals surface area contributed by atoms with Crippen molar-refractivity contribution in [2.24, 2.45) is 0 Å².